The molecular weight excluding hydrogens is 418 g/mol. The number of benzene rings is 3. The van der Waals surface area contributed by atoms with Gasteiger partial charge in [0.2, 0.25) is 0 Å². The number of esters is 1. The molecule has 0 fully saturated rings. The lowest BCUT2D eigenvalue weighted by Gasteiger charge is -2.08. The van der Waals surface area contributed by atoms with Crippen LogP contribution in [0.5, 0.6) is 5.75 Å². The number of anilines is 1. The zero-order valence-corrected chi connectivity index (χ0v) is 17.7. The van der Waals surface area contributed by atoms with Gasteiger partial charge in [0.25, 0.3) is 5.91 Å². The predicted molar refractivity (Wildman–Crippen MR) is 122 cm³/mol. The van der Waals surface area contributed by atoms with Gasteiger partial charge >= 0.3 is 5.97 Å². The standard InChI is InChI=1S/C26H19N3O4/c1-32-26(31)19-8-10-23(11-9-19)29-25(30)22(16-28)14-18-6-12-24(13-7-18)33-17-21-5-3-2-4-20(21)15-27/h2-14H,17H2,1H3,(H,29,30)/b22-14+. The largest absolute Gasteiger partial charge is 0.489 e. The number of amides is 1. The third-order valence-corrected chi connectivity index (χ3v) is 4.65. The molecule has 7 nitrogen and oxygen atoms in total. The Balaban J connectivity index is 1.64. The van der Waals surface area contributed by atoms with E-state index < -0.39 is 11.9 Å². The zero-order valence-electron chi connectivity index (χ0n) is 17.7. The second-order valence-corrected chi connectivity index (χ2v) is 6.82. The average molecular weight is 437 g/mol. The first-order chi connectivity index (χ1) is 16.0. The van der Waals surface area contributed by atoms with Crippen LogP contribution in [0.2, 0.25) is 0 Å². The molecule has 7 heteroatoms. The molecular formula is C26H19N3O4. The second-order valence-electron chi connectivity index (χ2n) is 6.82. The number of hydrogen-bond donors (Lipinski definition) is 1. The van der Waals surface area contributed by atoms with Crippen molar-refractivity contribution in [1.29, 1.82) is 10.5 Å². The number of carbonyl (C=O) groups excluding carboxylic acids is 2. The Bertz CT molecular complexity index is 1260. The molecule has 0 aliphatic heterocycles. The normalized spacial score (nSPS) is 10.5. The van der Waals surface area contributed by atoms with Crippen LogP contribution in [-0.4, -0.2) is 19.0 Å². The Morgan fingerprint density at radius 3 is 2.30 bits per heavy atom. The van der Waals surface area contributed by atoms with Gasteiger partial charge in [0.15, 0.2) is 0 Å². The lowest BCUT2D eigenvalue weighted by Crippen LogP contribution is -2.13. The zero-order chi connectivity index (χ0) is 23.6. The van der Waals surface area contributed by atoms with E-state index in [1.807, 2.05) is 18.2 Å². The van der Waals surface area contributed by atoms with Crippen LogP contribution in [0.4, 0.5) is 5.69 Å². The fourth-order valence-electron chi connectivity index (χ4n) is 2.90. The van der Waals surface area contributed by atoms with Gasteiger partial charge in [-0.1, -0.05) is 30.3 Å². The van der Waals surface area contributed by atoms with Gasteiger partial charge in [0.05, 0.1) is 24.3 Å². The summed E-state index contributed by atoms with van der Waals surface area (Å²) in [5.74, 6) is -0.461. The molecule has 3 rings (SSSR count). The summed E-state index contributed by atoms with van der Waals surface area (Å²) in [6, 6.07) is 24.3. The van der Waals surface area contributed by atoms with Crippen LogP contribution in [0.15, 0.2) is 78.4 Å². The fourth-order valence-corrected chi connectivity index (χ4v) is 2.90. The van der Waals surface area contributed by atoms with E-state index in [1.165, 1.54) is 25.3 Å². The van der Waals surface area contributed by atoms with Crippen LogP contribution >= 0.6 is 0 Å². The van der Waals surface area contributed by atoms with E-state index in [2.05, 4.69) is 16.1 Å². The van der Waals surface area contributed by atoms with Crippen LogP contribution in [0.1, 0.15) is 27.0 Å². The first-order valence-electron chi connectivity index (χ1n) is 9.86. The first kappa shape index (κ1) is 22.8. The van der Waals surface area contributed by atoms with E-state index in [-0.39, 0.29) is 12.2 Å². The molecule has 0 aliphatic carbocycles. The highest BCUT2D eigenvalue weighted by Crippen LogP contribution is 2.18. The highest BCUT2D eigenvalue weighted by atomic mass is 16.5. The number of ether oxygens (including phenoxy) is 2. The molecule has 0 aliphatic rings. The molecule has 3 aromatic rings. The number of hydrogen-bond acceptors (Lipinski definition) is 6. The van der Waals surface area contributed by atoms with Crippen molar-refractivity contribution in [1.82, 2.24) is 0 Å². The van der Waals surface area contributed by atoms with Crippen molar-refractivity contribution < 1.29 is 19.1 Å². The SMILES string of the molecule is COC(=O)c1ccc(NC(=O)/C(C#N)=C/c2ccc(OCc3ccccc3C#N)cc2)cc1. The van der Waals surface area contributed by atoms with Gasteiger partial charge in [0, 0.05) is 11.3 Å². The summed E-state index contributed by atoms with van der Waals surface area (Å²) in [6.07, 6.45) is 1.47. The number of nitrogens with zero attached hydrogens (tertiary/aromatic N) is 2. The topological polar surface area (TPSA) is 112 Å². The monoisotopic (exact) mass is 437 g/mol. The number of rotatable bonds is 7. The summed E-state index contributed by atoms with van der Waals surface area (Å²) in [4.78, 5) is 24.0. The number of nitrogens with one attached hydrogen (secondary N) is 1. The van der Waals surface area contributed by atoms with Gasteiger partial charge in [0.1, 0.15) is 24.0 Å². The Morgan fingerprint density at radius 1 is 0.970 bits per heavy atom. The van der Waals surface area contributed by atoms with Crippen LogP contribution in [0.25, 0.3) is 6.08 Å². The van der Waals surface area contributed by atoms with E-state index in [0.29, 0.717) is 28.1 Å². The highest BCUT2D eigenvalue weighted by Gasteiger charge is 2.11. The minimum absolute atomic E-state index is 0.0799. The van der Waals surface area contributed by atoms with Crippen LogP contribution < -0.4 is 10.1 Å². The highest BCUT2D eigenvalue weighted by molar-refractivity contribution is 6.09. The minimum atomic E-state index is -0.572. The van der Waals surface area contributed by atoms with Gasteiger partial charge in [-0.05, 0) is 54.1 Å². The summed E-state index contributed by atoms with van der Waals surface area (Å²) in [5.41, 5.74) is 2.70. The maximum Gasteiger partial charge on any atom is 0.337 e. The molecule has 162 valence electrons. The van der Waals surface area contributed by atoms with Crippen molar-refractivity contribution in [2.24, 2.45) is 0 Å². The molecule has 0 saturated heterocycles. The molecule has 0 radical (unpaired) electrons. The minimum Gasteiger partial charge on any atom is -0.489 e. The van der Waals surface area contributed by atoms with E-state index in [4.69, 9.17) is 10.00 Å². The van der Waals surface area contributed by atoms with Crippen molar-refractivity contribution in [3.05, 3.63) is 101 Å². The van der Waals surface area contributed by atoms with Gasteiger partial charge in [-0.15, -0.1) is 0 Å². The number of methoxy groups -OCH3 is 1. The predicted octanol–water partition coefficient (Wildman–Crippen LogP) is 4.47. The maximum atomic E-state index is 12.5. The van der Waals surface area contributed by atoms with Crippen molar-refractivity contribution >= 4 is 23.6 Å². The van der Waals surface area contributed by atoms with Crippen LogP contribution in [0, 0.1) is 22.7 Å². The van der Waals surface area contributed by atoms with E-state index in [9.17, 15) is 14.9 Å². The lowest BCUT2D eigenvalue weighted by molar-refractivity contribution is -0.112. The van der Waals surface area contributed by atoms with E-state index in [1.54, 1.807) is 48.5 Å². The summed E-state index contributed by atoms with van der Waals surface area (Å²) < 4.78 is 10.4. The molecule has 0 atom stereocenters. The van der Waals surface area contributed by atoms with Crippen LogP contribution in [-0.2, 0) is 16.1 Å². The Morgan fingerprint density at radius 2 is 1.67 bits per heavy atom. The quantitative estimate of drug-likeness (QED) is 0.332. The van der Waals surface area contributed by atoms with E-state index >= 15 is 0 Å². The summed E-state index contributed by atoms with van der Waals surface area (Å²) in [6.45, 7) is 0.250. The van der Waals surface area contributed by atoms with Gasteiger partial charge in [-0.25, -0.2) is 4.79 Å². The molecule has 0 unspecified atom stereocenters. The third kappa shape index (κ3) is 6.06. The lowest BCUT2D eigenvalue weighted by atomic mass is 10.1. The Kier molecular flexibility index (Phi) is 7.56. The third-order valence-electron chi connectivity index (χ3n) is 4.65. The molecule has 0 aromatic heterocycles. The van der Waals surface area contributed by atoms with Crippen LogP contribution in [0.3, 0.4) is 0 Å². The average Bonchev–Trinajstić information content (AvgIpc) is 2.86. The molecule has 0 saturated carbocycles. The summed E-state index contributed by atoms with van der Waals surface area (Å²) >= 11 is 0. The number of nitriles is 2. The van der Waals surface area contributed by atoms with Crippen molar-refractivity contribution in [2.45, 2.75) is 6.61 Å². The smallest absolute Gasteiger partial charge is 0.337 e. The first-order valence-corrected chi connectivity index (χ1v) is 9.86. The van der Waals surface area contributed by atoms with Gasteiger partial charge in [-0.2, -0.15) is 10.5 Å². The van der Waals surface area contributed by atoms with Crippen molar-refractivity contribution in [3.63, 3.8) is 0 Å². The molecule has 0 spiro atoms. The fraction of sp³-hybridized carbons (Fsp3) is 0.0769. The van der Waals surface area contributed by atoms with Gasteiger partial charge in [-0.3, -0.25) is 4.79 Å². The summed E-state index contributed by atoms with van der Waals surface area (Å²) in [5, 5.41) is 21.2. The van der Waals surface area contributed by atoms with Crippen molar-refractivity contribution in [3.8, 4) is 17.9 Å². The molecule has 0 heterocycles. The summed E-state index contributed by atoms with van der Waals surface area (Å²) in [7, 11) is 1.29. The van der Waals surface area contributed by atoms with E-state index in [0.717, 1.165) is 5.56 Å². The molecule has 1 amide bonds. The molecule has 33 heavy (non-hydrogen) atoms. The Hall–Kier alpha value is -4.88. The van der Waals surface area contributed by atoms with Crippen molar-refractivity contribution in [2.75, 3.05) is 12.4 Å². The number of carbonyl (C=O) groups is 2. The molecule has 1 N–H and O–H groups in total. The maximum absolute atomic E-state index is 12.5. The molecule has 0 bridgehead atoms. The molecule has 3 aromatic carbocycles. The Labute approximate surface area is 191 Å². The van der Waals surface area contributed by atoms with Gasteiger partial charge < -0.3 is 14.8 Å². The second kappa shape index (κ2) is 10.9.